The van der Waals surface area contributed by atoms with Crippen molar-refractivity contribution in [2.45, 2.75) is 66.2 Å². The maximum Gasteiger partial charge on any atom is 0.248 e. The summed E-state index contributed by atoms with van der Waals surface area (Å²) in [5.74, 6) is 0.208. The second kappa shape index (κ2) is 7.71. The Kier molecular flexibility index (Phi) is 5.54. The molecule has 1 amide bonds. The van der Waals surface area contributed by atoms with Gasteiger partial charge in [0, 0.05) is 34.6 Å². The third kappa shape index (κ3) is 3.58. The number of aryl methyl sites for hydroxylation is 1. The number of nitrogens with two attached hydrogens (primary N) is 1. The van der Waals surface area contributed by atoms with Crippen LogP contribution in [0.4, 0.5) is 0 Å². The number of carbonyl (C=O) groups is 2. The first-order valence-electron chi connectivity index (χ1n) is 10.0. The molecule has 144 valence electrons. The molecule has 1 aromatic heterocycles. The number of amides is 1. The lowest BCUT2D eigenvalue weighted by Gasteiger charge is -2.22. The van der Waals surface area contributed by atoms with Crippen LogP contribution in [0.1, 0.15) is 82.8 Å². The van der Waals surface area contributed by atoms with Crippen molar-refractivity contribution in [2.24, 2.45) is 11.7 Å². The average molecular weight is 367 g/mol. The summed E-state index contributed by atoms with van der Waals surface area (Å²) in [5, 5.41) is 0. The van der Waals surface area contributed by atoms with Crippen LogP contribution in [0.3, 0.4) is 0 Å². The zero-order valence-electron chi connectivity index (χ0n) is 16.9. The first-order valence-corrected chi connectivity index (χ1v) is 10.0. The van der Waals surface area contributed by atoms with Crippen LogP contribution in [0.2, 0.25) is 0 Å². The summed E-state index contributed by atoms with van der Waals surface area (Å²) < 4.78 is 2.25. The standard InChI is InChI=1S/C23H30N2O2/c1-5-6-7-8-17-13-18(23(24)27)9-10-19(17)25-16(4)15(3)22-20(25)11-14(2)12-21(22)26/h9-10,13-14H,5-8,11-12H2,1-4H3,(H2,24,27). The second-order valence-electron chi connectivity index (χ2n) is 7.97. The van der Waals surface area contributed by atoms with Crippen molar-refractivity contribution in [2.75, 3.05) is 0 Å². The lowest BCUT2D eigenvalue weighted by atomic mass is 9.86. The van der Waals surface area contributed by atoms with Crippen molar-refractivity contribution >= 4 is 11.7 Å². The Morgan fingerprint density at radius 1 is 1.22 bits per heavy atom. The van der Waals surface area contributed by atoms with Crippen molar-refractivity contribution in [1.29, 1.82) is 0 Å². The predicted molar refractivity (Wildman–Crippen MR) is 109 cm³/mol. The van der Waals surface area contributed by atoms with Crippen molar-refractivity contribution in [3.05, 3.63) is 51.8 Å². The van der Waals surface area contributed by atoms with Gasteiger partial charge in [0.15, 0.2) is 5.78 Å². The Hall–Kier alpha value is -2.36. The largest absolute Gasteiger partial charge is 0.366 e. The van der Waals surface area contributed by atoms with E-state index in [1.54, 1.807) is 6.07 Å². The van der Waals surface area contributed by atoms with Crippen LogP contribution in [-0.4, -0.2) is 16.3 Å². The number of ketones is 1. The van der Waals surface area contributed by atoms with Crippen LogP contribution >= 0.6 is 0 Å². The summed E-state index contributed by atoms with van der Waals surface area (Å²) in [6.07, 6.45) is 5.80. The number of carbonyl (C=O) groups excluding carboxylic acids is 2. The number of primary amides is 1. The van der Waals surface area contributed by atoms with E-state index in [0.717, 1.165) is 65.9 Å². The summed E-state index contributed by atoms with van der Waals surface area (Å²) in [5.41, 5.74) is 12.5. The predicted octanol–water partition coefficient (Wildman–Crippen LogP) is 4.69. The van der Waals surface area contributed by atoms with E-state index >= 15 is 0 Å². The molecule has 0 fully saturated rings. The molecule has 0 radical (unpaired) electrons. The van der Waals surface area contributed by atoms with Gasteiger partial charge in [0.25, 0.3) is 0 Å². The van der Waals surface area contributed by atoms with E-state index in [1.807, 2.05) is 19.1 Å². The number of hydrogen-bond donors (Lipinski definition) is 1. The molecule has 3 rings (SSSR count). The molecular weight excluding hydrogens is 336 g/mol. The molecule has 1 unspecified atom stereocenters. The highest BCUT2D eigenvalue weighted by Gasteiger charge is 2.30. The van der Waals surface area contributed by atoms with E-state index in [0.29, 0.717) is 17.9 Å². The van der Waals surface area contributed by atoms with Gasteiger partial charge in [-0.05, 0) is 68.4 Å². The molecule has 1 heterocycles. The summed E-state index contributed by atoms with van der Waals surface area (Å²) in [6, 6.07) is 5.73. The molecule has 1 atom stereocenters. The SMILES string of the molecule is CCCCCc1cc(C(N)=O)ccc1-n1c(C)c(C)c2c1CC(C)CC2=O. The summed E-state index contributed by atoms with van der Waals surface area (Å²) in [6.45, 7) is 8.46. The minimum atomic E-state index is -0.399. The summed E-state index contributed by atoms with van der Waals surface area (Å²) >= 11 is 0. The highest BCUT2D eigenvalue weighted by atomic mass is 16.1. The van der Waals surface area contributed by atoms with Crippen molar-refractivity contribution in [3.63, 3.8) is 0 Å². The van der Waals surface area contributed by atoms with Crippen LogP contribution in [0.15, 0.2) is 18.2 Å². The molecule has 0 saturated heterocycles. The summed E-state index contributed by atoms with van der Waals surface area (Å²) in [4.78, 5) is 24.4. The third-order valence-corrected chi connectivity index (χ3v) is 5.82. The van der Waals surface area contributed by atoms with Gasteiger partial charge in [0.2, 0.25) is 5.91 Å². The molecule has 1 aliphatic rings. The average Bonchev–Trinajstić information content (AvgIpc) is 2.86. The normalized spacial score (nSPS) is 16.4. The van der Waals surface area contributed by atoms with E-state index in [9.17, 15) is 9.59 Å². The molecule has 4 heteroatoms. The molecule has 4 nitrogen and oxygen atoms in total. The number of fused-ring (bicyclic) bond motifs is 1. The van der Waals surface area contributed by atoms with E-state index < -0.39 is 5.91 Å². The number of nitrogens with zero attached hydrogens (tertiary/aromatic N) is 1. The first-order chi connectivity index (χ1) is 12.8. The molecular formula is C23H30N2O2. The topological polar surface area (TPSA) is 65.1 Å². The van der Waals surface area contributed by atoms with Gasteiger partial charge >= 0.3 is 0 Å². The van der Waals surface area contributed by atoms with E-state index in [-0.39, 0.29) is 5.78 Å². The van der Waals surface area contributed by atoms with E-state index in [2.05, 4.69) is 25.3 Å². The fourth-order valence-electron chi connectivity index (χ4n) is 4.31. The Balaban J connectivity index is 2.17. The molecule has 0 aliphatic heterocycles. The van der Waals surface area contributed by atoms with E-state index in [1.165, 1.54) is 0 Å². The Morgan fingerprint density at radius 2 is 1.96 bits per heavy atom. The van der Waals surface area contributed by atoms with Gasteiger partial charge in [0.05, 0.1) is 0 Å². The van der Waals surface area contributed by atoms with Gasteiger partial charge in [-0.25, -0.2) is 0 Å². The molecule has 0 bridgehead atoms. The highest BCUT2D eigenvalue weighted by molar-refractivity contribution is 6.00. The van der Waals surface area contributed by atoms with Gasteiger partial charge in [-0.3, -0.25) is 9.59 Å². The molecule has 2 aromatic rings. The van der Waals surface area contributed by atoms with Crippen LogP contribution in [0.25, 0.3) is 5.69 Å². The fraction of sp³-hybridized carbons (Fsp3) is 0.478. The second-order valence-corrected chi connectivity index (χ2v) is 7.97. The molecule has 0 saturated carbocycles. The number of benzene rings is 1. The molecule has 0 spiro atoms. The zero-order valence-corrected chi connectivity index (χ0v) is 16.9. The fourth-order valence-corrected chi connectivity index (χ4v) is 4.31. The zero-order chi connectivity index (χ0) is 19.7. The maximum absolute atomic E-state index is 12.7. The van der Waals surface area contributed by atoms with Crippen LogP contribution in [-0.2, 0) is 12.8 Å². The van der Waals surface area contributed by atoms with Crippen molar-refractivity contribution < 1.29 is 9.59 Å². The van der Waals surface area contributed by atoms with Crippen molar-refractivity contribution in [3.8, 4) is 5.69 Å². The Bertz CT molecular complexity index is 892. The quantitative estimate of drug-likeness (QED) is 0.754. The number of unbranched alkanes of at least 4 members (excludes halogenated alkanes) is 2. The van der Waals surface area contributed by atoms with Crippen LogP contribution in [0, 0.1) is 19.8 Å². The summed E-state index contributed by atoms with van der Waals surface area (Å²) in [7, 11) is 0. The highest BCUT2D eigenvalue weighted by Crippen LogP contribution is 2.35. The number of aromatic nitrogens is 1. The van der Waals surface area contributed by atoms with Gasteiger partial charge in [-0.1, -0.05) is 26.7 Å². The molecule has 1 aromatic carbocycles. The molecule has 27 heavy (non-hydrogen) atoms. The van der Waals surface area contributed by atoms with Gasteiger partial charge in [-0.15, -0.1) is 0 Å². The lowest BCUT2D eigenvalue weighted by Crippen LogP contribution is -2.20. The Morgan fingerprint density at radius 3 is 2.63 bits per heavy atom. The van der Waals surface area contributed by atoms with Crippen molar-refractivity contribution in [1.82, 2.24) is 4.57 Å². The minimum absolute atomic E-state index is 0.254. The lowest BCUT2D eigenvalue weighted by molar-refractivity contribution is 0.0950. The van der Waals surface area contributed by atoms with E-state index in [4.69, 9.17) is 5.73 Å². The van der Waals surface area contributed by atoms with Gasteiger partial charge in [0.1, 0.15) is 0 Å². The Labute approximate surface area is 161 Å². The van der Waals surface area contributed by atoms with Crippen LogP contribution in [0.5, 0.6) is 0 Å². The maximum atomic E-state index is 12.7. The first kappa shape index (κ1) is 19.4. The monoisotopic (exact) mass is 366 g/mol. The number of rotatable bonds is 6. The number of hydrogen-bond acceptors (Lipinski definition) is 2. The van der Waals surface area contributed by atoms with Crippen LogP contribution < -0.4 is 5.73 Å². The van der Waals surface area contributed by atoms with Gasteiger partial charge in [-0.2, -0.15) is 0 Å². The third-order valence-electron chi connectivity index (χ3n) is 5.82. The number of Topliss-reactive ketones (excluding diaryl/α,β-unsaturated/α-hetero) is 1. The smallest absolute Gasteiger partial charge is 0.248 e. The molecule has 2 N–H and O–H groups in total. The minimum Gasteiger partial charge on any atom is -0.366 e. The van der Waals surface area contributed by atoms with Gasteiger partial charge < -0.3 is 10.3 Å². The molecule has 1 aliphatic carbocycles.